The van der Waals surface area contributed by atoms with Gasteiger partial charge in [0.1, 0.15) is 0 Å². The number of hydrogen-bond acceptors (Lipinski definition) is 2. The van der Waals surface area contributed by atoms with Crippen molar-refractivity contribution in [2.75, 3.05) is 6.54 Å². The van der Waals surface area contributed by atoms with Gasteiger partial charge in [0.2, 0.25) is 0 Å². The van der Waals surface area contributed by atoms with Gasteiger partial charge in [0.15, 0.2) is 0 Å². The van der Waals surface area contributed by atoms with Crippen LogP contribution in [-0.2, 0) is 6.42 Å². The molecule has 0 spiro atoms. The highest BCUT2D eigenvalue weighted by atomic mass is 32.1. The summed E-state index contributed by atoms with van der Waals surface area (Å²) < 4.78 is 1.36. The highest BCUT2D eigenvalue weighted by Gasteiger charge is 2.13. The van der Waals surface area contributed by atoms with Crippen LogP contribution in [0.15, 0.2) is 60.0 Å². The SMILES string of the molecule is NCC(Cc1csc2ccccc12)c1ccccc1. The lowest BCUT2D eigenvalue weighted by Crippen LogP contribution is -2.14. The van der Waals surface area contributed by atoms with Crippen molar-refractivity contribution >= 4 is 21.4 Å². The zero-order valence-corrected chi connectivity index (χ0v) is 11.6. The molecule has 0 saturated heterocycles. The van der Waals surface area contributed by atoms with E-state index in [2.05, 4.69) is 60.0 Å². The van der Waals surface area contributed by atoms with Gasteiger partial charge in [-0.15, -0.1) is 11.3 Å². The van der Waals surface area contributed by atoms with Crippen molar-refractivity contribution in [1.29, 1.82) is 0 Å². The van der Waals surface area contributed by atoms with Crippen molar-refractivity contribution in [3.8, 4) is 0 Å². The second-order valence-corrected chi connectivity index (χ2v) is 5.72. The molecule has 3 aromatic rings. The van der Waals surface area contributed by atoms with E-state index in [-0.39, 0.29) is 0 Å². The van der Waals surface area contributed by atoms with Crippen LogP contribution in [0.2, 0.25) is 0 Å². The van der Waals surface area contributed by atoms with E-state index < -0.39 is 0 Å². The lowest BCUT2D eigenvalue weighted by molar-refractivity contribution is 0.698. The van der Waals surface area contributed by atoms with Gasteiger partial charge in [-0.25, -0.2) is 0 Å². The van der Waals surface area contributed by atoms with E-state index in [9.17, 15) is 0 Å². The molecular formula is C17H17NS. The van der Waals surface area contributed by atoms with Crippen LogP contribution in [0.1, 0.15) is 17.0 Å². The first kappa shape index (κ1) is 12.4. The summed E-state index contributed by atoms with van der Waals surface area (Å²) in [5.74, 6) is 0.402. The van der Waals surface area contributed by atoms with Crippen LogP contribution in [-0.4, -0.2) is 6.54 Å². The molecule has 3 rings (SSSR count). The molecule has 19 heavy (non-hydrogen) atoms. The molecule has 0 radical (unpaired) electrons. The van der Waals surface area contributed by atoms with Gasteiger partial charge < -0.3 is 5.73 Å². The number of rotatable bonds is 4. The fourth-order valence-corrected chi connectivity index (χ4v) is 3.49. The minimum Gasteiger partial charge on any atom is -0.330 e. The standard InChI is InChI=1S/C17H17NS/c18-11-14(13-6-2-1-3-7-13)10-15-12-19-17-9-5-4-8-16(15)17/h1-9,12,14H,10-11,18H2. The second-order valence-electron chi connectivity index (χ2n) is 4.80. The molecule has 0 bridgehead atoms. The highest BCUT2D eigenvalue weighted by Crippen LogP contribution is 2.29. The molecule has 1 nitrogen and oxygen atoms in total. The first-order valence-corrected chi connectivity index (χ1v) is 7.46. The van der Waals surface area contributed by atoms with Crippen LogP contribution in [0.4, 0.5) is 0 Å². The van der Waals surface area contributed by atoms with Crippen molar-refractivity contribution in [2.45, 2.75) is 12.3 Å². The quantitative estimate of drug-likeness (QED) is 0.753. The Balaban J connectivity index is 1.91. The zero-order valence-electron chi connectivity index (χ0n) is 10.8. The van der Waals surface area contributed by atoms with Gasteiger partial charge >= 0.3 is 0 Å². The maximum absolute atomic E-state index is 5.97. The molecule has 0 aliphatic heterocycles. The predicted molar refractivity (Wildman–Crippen MR) is 83.8 cm³/mol. The Bertz CT molecular complexity index is 657. The predicted octanol–water partition coefficient (Wildman–Crippen LogP) is 4.19. The van der Waals surface area contributed by atoms with E-state index in [1.54, 1.807) is 0 Å². The molecule has 0 amide bonds. The van der Waals surface area contributed by atoms with Gasteiger partial charge in [-0.1, -0.05) is 48.5 Å². The fourth-order valence-electron chi connectivity index (χ4n) is 2.52. The second kappa shape index (κ2) is 5.55. The van der Waals surface area contributed by atoms with Crippen LogP contribution in [0.25, 0.3) is 10.1 Å². The van der Waals surface area contributed by atoms with E-state index in [0.29, 0.717) is 12.5 Å². The van der Waals surface area contributed by atoms with E-state index in [1.807, 2.05) is 11.3 Å². The molecule has 0 fully saturated rings. The van der Waals surface area contributed by atoms with Gasteiger partial charge in [-0.3, -0.25) is 0 Å². The van der Waals surface area contributed by atoms with Crippen molar-refractivity contribution in [1.82, 2.24) is 0 Å². The van der Waals surface area contributed by atoms with Gasteiger partial charge in [-0.2, -0.15) is 0 Å². The molecule has 2 heteroatoms. The van der Waals surface area contributed by atoms with Crippen LogP contribution in [0, 0.1) is 0 Å². The summed E-state index contributed by atoms with van der Waals surface area (Å²) in [5, 5.41) is 3.65. The number of thiophene rings is 1. The van der Waals surface area contributed by atoms with E-state index >= 15 is 0 Å². The number of fused-ring (bicyclic) bond motifs is 1. The first-order valence-electron chi connectivity index (χ1n) is 6.58. The molecule has 1 atom stereocenters. The Kier molecular flexibility index (Phi) is 3.62. The third kappa shape index (κ3) is 2.55. The zero-order chi connectivity index (χ0) is 13.1. The lowest BCUT2D eigenvalue weighted by Gasteiger charge is -2.14. The molecule has 0 aliphatic rings. The average Bonchev–Trinajstić information content (AvgIpc) is 2.89. The smallest absolute Gasteiger partial charge is 0.0345 e. The Hall–Kier alpha value is -1.64. The van der Waals surface area contributed by atoms with Crippen molar-refractivity contribution in [3.63, 3.8) is 0 Å². The highest BCUT2D eigenvalue weighted by molar-refractivity contribution is 7.17. The summed E-state index contributed by atoms with van der Waals surface area (Å²) in [4.78, 5) is 0. The van der Waals surface area contributed by atoms with E-state index in [0.717, 1.165) is 6.42 Å². The number of nitrogens with two attached hydrogens (primary N) is 1. The Labute approximate surface area is 117 Å². The first-order chi connectivity index (χ1) is 9.38. The van der Waals surface area contributed by atoms with Crippen molar-refractivity contribution in [2.24, 2.45) is 5.73 Å². The third-order valence-electron chi connectivity index (χ3n) is 3.58. The van der Waals surface area contributed by atoms with Gasteiger partial charge in [0, 0.05) is 10.6 Å². The molecule has 1 heterocycles. The Morgan fingerprint density at radius 1 is 0.947 bits per heavy atom. The molecule has 1 aromatic heterocycles. The van der Waals surface area contributed by atoms with Crippen LogP contribution >= 0.6 is 11.3 Å². The maximum atomic E-state index is 5.97. The maximum Gasteiger partial charge on any atom is 0.0345 e. The summed E-state index contributed by atoms with van der Waals surface area (Å²) in [6, 6.07) is 19.2. The average molecular weight is 267 g/mol. The van der Waals surface area contributed by atoms with Crippen LogP contribution < -0.4 is 5.73 Å². The lowest BCUT2D eigenvalue weighted by atomic mass is 9.92. The van der Waals surface area contributed by atoms with Crippen LogP contribution in [0.3, 0.4) is 0 Å². The van der Waals surface area contributed by atoms with E-state index in [1.165, 1.54) is 21.2 Å². The molecule has 2 N–H and O–H groups in total. The summed E-state index contributed by atoms with van der Waals surface area (Å²) in [5.41, 5.74) is 8.72. The molecule has 1 unspecified atom stereocenters. The van der Waals surface area contributed by atoms with Crippen molar-refractivity contribution < 1.29 is 0 Å². The summed E-state index contributed by atoms with van der Waals surface area (Å²) in [6.45, 7) is 0.689. The minimum absolute atomic E-state index is 0.402. The fraction of sp³-hybridized carbons (Fsp3) is 0.176. The molecular weight excluding hydrogens is 250 g/mol. The van der Waals surface area contributed by atoms with Gasteiger partial charge in [0.25, 0.3) is 0 Å². The van der Waals surface area contributed by atoms with Gasteiger partial charge in [-0.05, 0) is 40.9 Å². The largest absolute Gasteiger partial charge is 0.330 e. The summed E-state index contributed by atoms with van der Waals surface area (Å²) in [7, 11) is 0. The molecule has 2 aromatic carbocycles. The summed E-state index contributed by atoms with van der Waals surface area (Å²) >= 11 is 1.82. The third-order valence-corrected chi connectivity index (χ3v) is 4.60. The van der Waals surface area contributed by atoms with Crippen molar-refractivity contribution in [3.05, 3.63) is 71.1 Å². The van der Waals surface area contributed by atoms with Gasteiger partial charge in [0.05, 0.1) is 0 Å². The molecule has 96 valence electrons. The summed E-state index contributed by atoms with van der Waals surface area (Å²) in [6.07, 6.45) is 1.02. The minimum atomic E-state index is 0.402. The van der Waals surface area contributed by atoms with E-state index in [4.69, 9.17) is 5.73 Å². The molecule has 0 aliphatic carbocycles. The number of hydrogen-bond donors (Lipinski definition) is 1. The normalized spacial score (nSPS) is 12.7. The Morgan fingerprint density at radius 3 is 2.47 bits per heavy atom. The molecule has 0 saturated carbocycles. The topological polar surface area (TPSA) is 26.0 Å². The monoisotopic (exact) mass is 267 g/mol. The Morgan fingerprint density at radius 2 is 1.68 bits per heavy atom. The van der Waals surface area contributed by atoms with Crippen LogP contribution in [0.5, 0.6) is 0 Å². The number of benzene rings is 2.